The molecule has 2 heteroatoms. The van der Waals surface area contributed by atoms with Crippen molar-refractivity contribution >= 4 is 0 Å². The first kappa shape index (κ1) is 11.4. The zero-order valence-electron chi connectivity index (χ0n) is 10.2. The number of hydrogen-bond donors (Lipinski definition) is 1. The topological polar surface area (TPSA) is 21.3 Å². The Balaban J connectivity index is 1.72. The third kappa shape index (κ3) is 2.94. The Kier molecular flexibility index (Phi) is 4.04. The van der Waals surface area contributed by atoms with Crippen molar-refractivity contribution in [3.63, 3.8) is 0 Å². The van der Waals surface area contributed by atoms with Crippen molar-refractivity contribution in [1.29, 1.82) is 0 Å². The van der Waals surface area contributed by atoms with Gasteiger partial charge in [-0.25, -0.2) is 0 Å². The van der Waals surface area contributed by atoms with Crippen LogP contribution in [0.3, 0.4) is 0 Å². The molecular weight excluding hydrogens is 186 g/mol. The second kappa shape index (κ2) is 5.31. The Morgan fingerprint density at radius 2 is 1.87 bits per heavy atom. The lowest BCUT2D eigenvalue weighted by Crippen LogP contribution is -2.43. The molecule has 2 aliphatic rings. The van der Waals surface area contributed by atoms with E-state index in [1.54, 1.807) is 0 Å². The van der Waals surface area contributed by atoms with Gasteiger partial charge in [-0.3, -0.25) is 0 Å². The van der Waals surface area contributed by atoms with Crippen LogP contribution in [0, 0.1) is 5.92 Å². The van der Waals surface area contributed by atoms with Crippen LogP contribution in [0.2, 0.25) is 0 Å². The monoisotopic (exact) mass is 211 g/mol. The van der Waals surface area contributed by atoms with Gasteiger partial charge in [0.2, 0.25) is 0 Å². The number of nitrogens with one attached hydrogen (secondary N) is 1. The Morgan fingerprint density at radius 1 is 1.13 bits per heavy atom. The Morgan fingerprint density at radius 3 is 2.40 bits per heavy atom. The molecule has 1 N–H and O–H groups in total. The summed E-state index contributed by atoms with van der Waals surface area (Å²) in [5.74, 6) is 1.00. The Bertz CT molecular complexity index is 187. The highest BCUT2D eigenvalue weighted by Gasteiger charge is 2.28. The molecule has 2 rings (SSSR count). The van der Waals surface area contributed by atoms with Crippen molar-refractivity contribution in [2.75, 3.05) is 6.61 Å². The van der Waals surface area contributed by atoms with Gasteiger partial charge in [0, 0.05) is 18.7 Å². The summed E-state index contributed by atoms with van der Waals surface area (Å²) >= 11 is 0. The van der Waals surface area contributed by atoms with Crippen molar-refractivity contribution in [3.8, 4) is 0 Å². The molecule has 15 heavy (non-hydrogen) atoms. The van der Waals surface area contributed by atoms with Gasteiger partial charge in [-0.15, -0.1) is 0 Å². The van der Waals surface area contributed by atoms with Crippen LogP contribution in [0.4, 0.5) is 0 Å². The van der Waals surface area contributed by atoms with Gasteiger partial charge in [0.15, 0.2) is 0 Å². The molecule has 0 bridgehead atoms. The van der Waals surface area contributed by atoms with E-state index in [1.807, 2.05) is 0 Å². The minimum Gasteiger partial charge on any atom is -0.377 e. The summed E-state index contributed by atoms with van der Waals surface area (Å²) < 4.78 is 5.59. The van der Waals surface area contributed by atoms with Crippen LogP contribution in [0.15, 0.2) is 0 Å². The van der Waals surface area contributed by atoms with Crippen molar-refractivity contribution in [2.45, 2.75) is 70.6 Å². The lowest BCUT2D eigenvalue weighted by molar-refractivity contribution is 0.108. The fraction of sp³-hybridized carbons (Fsp3) is 1.00. The number of ether oxygens (including phenoxy) is 1. The summed E-state index contributed by atoms with van der Waals surface area (Å²) in [5.41, 5.74) is 0. The van der Waals surface area contributed by atoms with Crippen LogP contribution in [-0.4, -0.2) is 24.8 Å². The lowest BCUT2D eigenvalue weighted by Gasteiger charge is -2.31. The summed E-state index contributed by atoms with van der Waals surface area (Å²) in [6.07, 6.45) is 8.61. The molecule has 1 aliphatic heterocycles. The second-order valence-corrected chi connectivity index (χ2v) is 5.26. The third-order valence-corrected chi connectivity index (χ3v) is 4.25. The lowest BCUT2D eigenvalue weighted by atomic mass is 9.84. The first-order valence-corrected chi connectivity index (χ1v) is 6.67. The maximum atomic E-state index is 5.59. The van der Waals surface area contributed by atoms with Gasteiger partial charge >= 0.3 is 0 Å². The molecule has 2 unspecified atom stereocenters. The summed E-state index contributed by atoms with van der Waals surface area (Å²) in [4.78, 5) is 0. The van der Waals surface area contributed by atoms with Gasteiger partial charge in [-0.2, -0.15) is 0 Å². The van der Waals surface area contributed by atoms with Crippen LogP contribution in [0.25, 0.3) is 0 Å². The van der Waals surface area contributed by atoms with Crippen molar-refractivity contribution < 1.29 is 4.74 Å². The quantitative estimate of drug-likeness (QED) is 0.775. The highest BCUT2D eigenvalue weighted by Crippen LogP contribution is 2.27. The Labute approximate surface area is 93.8 Å². The number of rotatable bonds is 3. The van der Waals surface area contributed by atoms with Crippen LogP contribution in [0.5, 0.6) is 0 Å². The minimum atomic E-state index is 0.425. The molecule has 1 aliphatic carbocycles. The van der Waals surface area contributed by atoms with Gasteiger partial charge in [-0.1, -0.05) is 13.3 Å². The van der Waals surface area contributed by atoms with E-state index in [1.165, 1.54) is 38.5 Å². The van der Waals surface area contributed by atoms with Gasteiger partial charge in [-0.05, 0) is 44.9 Å². The van der Waals surface area contributed by atoms with Crippen molar-refractivity contribution in [1.82, 2.24) is 5.32 Å². The van der Waals surface area contributed by atoms with Crippen LogP contribution in [-0.2, 0) is 4.74 Å². The highest BCUT2D eigenvalue weighted by atomic mass is 16.5. The molecule has 2 nitrogen and oxygen atoms in total. The molecule has 0 radical (unpaired) electrons. The average Bonchev–Trinajstić information content (AvgIpc) is 2.66. The number of hydrogen-bond acceptors (Lipinski definition) is 2. The van der Waals surface area contributed by atoms with Crippen LogP contribution >= 0.6 is 0 Å². The molecule has 1 saturated carbocycles. The zero-order valence-corrected chi connectivity index (χ0v) is 10.2. The fourth-order valence-electron chi connectivity index (χ4n) is 2.99. The Hall–Kier alpha value is -0.0800. The first-order chi connectivity index (χ1) is 7.29. The van der Waals surface area contributed by atoms with E-state index < -0.39 is 0 Å². The maximum absolute atomic E-state index is 5.59. The summed E-state index contributed by atoms with van der Waals surface area (Å²) in [6, 6.07) is 1.38. The second-order valence-electron chi connectivity index (χ2n) is 5.26. The third-order valence-electron chi connectivity index (χ3n) is 4.25. The fourth-order valence-corrected chi connectivity index (χ4v) is 2.99. The van der Waals surface area contributed by atoms with Crippen LogP contribution in [0.1, 0.15) is 52.4 Å². The molecule has 1 heterocycles. The highest BCUT2D eigenvalue weighted by molar-refractivity contribution is 4.85. The van der Waals surface area contributed by atoms with Gasteiger partial charge in [0.05, 0.1) is 6.10 Å². The first-order valence-electron chi connectivity index (χ1n) is 6.67. The van der Waals surface area contributed by atoms with Gasteiger partial charge < -0.3 is 10.1 Å². The van der Waals surface area contributed by atoms with E-state index in [2.05, 4.69) is 19.2 Å². The smallest absolute Gasteiger partial charge is 0.0700 e. The molecule has 0 aromatic heterocycles. The molecule has 88 valence electrons. The SMILES string of the molecule is CCC1CCC(NC2CCOC2C)CC1. The molecule has 0 aromatic rings. The predicted octanol–water partition coefficient (Wildman–Crippen LogP) is 2.72. The molecular formula is C13H25NO. The van der Waals surface area contributed by atoms with Crippen LogP contribution < -0.4 is 5.32 Å². The van der Waals surface area contributed by atoms with Crippen molar-refractivity contribution in [3.05, 3.63) is 0 Å². The predicted molar refractivity (Wildman–Crippen MR) is 63.0 cm³/mol. The molecule has 1 saturated heterocycles. The van der Waals surface area contributed by atoms with E-state index in [4.69, 9.17) is 4.74 Å². The minimum absolute atomic E-state index is 0.425. The van der Waals surface area contributed by atoms with Gasteiger partial charge in [0.25, 0.3) is 0 Å². The largest absolute Gasteiger partial charge is 0.377 e. The van der Waals surface area contributed by atoms with E-state index in [9.17, 15) is 0 Å². The summed E-state index contributed by atoms with van der Waals surface area (Å²) in [7, 11) is 0. The normalized spacial score (nSPS) is 42.0. The summed E-state index contributed by atoms with van der Waals surface area (Å²) in [6.45, 7) is 5.47. The average molecular weight is 211 g/mol. The summed E-state index contributed by atoms with van der Waals surface area (Å²) in [5, 5.41) is 3.79. The molecule has 0 spiro atoms. The zero-order chi connectivity index (χ0) is 10.7. The maximum Gasteiger partial charge on any atom is 0.0700 e. The van der Waals surface area contributed by atoms with E-state index in [0.717, 1.165) is 18.6 Å². The molecule has 0 amide bonds. The van der Waals surface area contributed by atoms with E-state index >= 15 is 0 Å². The molecule has 0 aromatic carbocycles. The van der Waals surface area contributed by atoms with Gasteiger partial charge in [0.1, 0.15) is 0 Å². The van der Waals surface area contributed by atoms with E-state index in [-0.39, 0.29) is 0 Å². The van der Waals surface area contributed by atoms with E-state index in [0.29, 0.717) is 12.1 Å². The standard InChI is InChI=1S/C13H25NO/c1-3-11-4-6-12(7-5-11)14-13-8-9-15-10(13)2/h10-14H,3-9H2,1-2H3. The van der Waals surface area contributed by atoms with Crippen molar-refractivity contribution in [2.24, 2.45) is 5.92 Å². The molecule has 2 fully saturated rings. The molecule has 2 atom stereocenters.